The van der Waals surface area contributed by atoms with E-state index in [1.807, 2.05) is 0 Å². The van der Waals surface area contributed by atoms with Crippen molar-refractivity contribution >= 4 is 0 Å². The quantitative estimate of drug-likeness (QED) is 0.543. The number of rotatable bonds is 0. The van der Waals surface area contributed by atoms with Crippen LogP contribution in [0.1, 0.15) is 70.6 Å². The fourth-order valence-electron chi connectivity index (χ4n) is 6.68. The summed E-state index contributed by atoms with van der Waals surface area (Å²) in [5.41, 5.74) is 1.80. The average molecular weight is 204 g/mol. The Hall–Kier alpha value is 0. The van der Waals surface area contributed by atoms with E-state index < -0.39 is 0 Å². The van der Waals surface area contributed by atoms with Gasteiger partial charge < -0.3 is 0 Å². The fraction of sp³-hybridized carbons (Fsp3) is 1.00. The van der Waals surface area contributed by atoms with Crippen LogP contribution in [0.3, 0.4) is 0 Å². The molecule has 15 heavy (non-hydrogen) atoms. The lowest BCUT2D eigenvalue weighted by atomic mass is 9.33. The molecule has 0 aromatic rings. The van der Waals surface area contributed by atoms with Gasteiger partial charge in [-0.15, -0.1) is 0 Å². The van der Waals surface area contributed by atoms with Crippen molar-refractivity contribution < 1.29 is 0 Å². The van der Waals surface area contributed by atoms with E-state index >= 15 is 0 Å². The summed E-state index contributed by atoms with van der Waals surface area (Å²) in [7, 11) is 0. The van der Waals surface area contributed by atoms with Gasteiger partial charge in [-0.3, -0.25) is 0 Å². The Bertz CT molecular complexity index is 254. The van der Waals surface area contributed by atoms with Crippen LogP contribution in [0.15, 0.2) is 0 Å². The van der Waals surface area contributed by atoms with E-state index in [2.05, 4.69) is 0 Å². The second-order valence-electron chi connectivity index (χ2n) is 6.87. The van der Waals surface area contributed by atoms with Gasteiger partial charge >= 0.3 is 0 Å². The molecule has 0 heteroatoms. The summed E-state index contributed by atoms with van der Waals surface area (Å²) in [6.07, 6.45) is 17.5. The van der Waals surface area contributed by atoms with E-state index in [4.69, 9.17) is 0 Å². The highest BCUT2D eigenvalue weighted by molar-refractivity contribution is 5.21. The van der Waals surface area contributed by atoms with E-state index in [0.717, 1.165) is 10.8 Å². The lowest BCUT2D eigenvalue weighted by Crippen LogP contribution is -2.64. The summed E-state index contributed by atoms with van der Waals surface area (Å²) in [5, 5.41) is 0. The lowest BCUT2D eigenvalue weighted by Gasteiger charge is -2.71. The maximum absolute atomic E-state index is 1.62. The Morgan fingerprint density at radius 3 is 1.53 bits per heavy atom. The standard InChI is InChI=1S/C15H24/c1-2-7-13-12(6-1)14-8-3-4-9-15(13,14)11-5-10-14/h12-13H,1-11H2. The molecule has 0 spiro atoms. The van der Waals surface area contributed by atoms with Crippen LogP contribution in [0.25, 0.3) is 0 Å². The predicted molar refractivity (Wildman–Crippen MR) is 62.6 cm³/mol. The van der Waals surface area contributed by atoms with E-state index in [9.17, 15) is 0 Å². The Morgan fingerprint density at radius 2 is 1.00 bits per heavy atom. The highest BCUT2D eigenvalue weighted by atomic mass is 14.8. The SMILES string of the molecule is C1CCC2C(C1)C13CCCCC21CCC3. The van der Waals surface area contributed by atoms with E-state index in [-0.39, 0.29) is 0 Å². The van der Waals surface area contributed by atoms with Crippen molar-refractivity contribution in [3.8, 4) is 0 Å². The molecule has 0 nitrogen and oxygen atoms in total. The number of fused-ring (bicyclic) bond motifs is 1. The van der Waals surface area contributed by atoms with Crippen molar-refractivity contribution in [2.24, 2.45) is 22.7 Å². The zero-order chi connectivity index (χ0) is 9.93. The molecule has 0 aromatic heterocycles. The molecule has 0 saturated heterocycles. The molecule has 0 bridgehead atoms. The first-order valence-corrected chi connectivity index (χ1v) is 7.39. The summed E-state index contributed by atoms with van der Waals surface area (Å²) in [5.74, 6) is 2.38. The first-order valence-electron chi connectivity index (χ1n) is 7.39. The van der Waals surface area contributed by atoms with Crippen LogP contribution in [0.4, 0.5) is 0 Å². The van der Waals surface area contributed by atoms with Gasteiger partial charge in [0.25, 0.3) is 0 Å². The molecule has 84 valence electrons. The third-order valence-electron chi connectivity index (χ3n) is 6.92. The maximum atomic E-state index is 1.62. The monoisotopic (exact) mass is 204 g/mol. The van der Waals surface area contributed by atoms with Gasteiger partial charge in [-0.2, -0.15) is 0 Å². The van der Waals surface area contributed by atoms with Crippen LogP contribution in [-0.2, 0) is 0 Å². The Labute approximate surface area is 93.8 Å². The first kappa shape index (κ1) is 9.07. The topological polar surface area (TPSA) is 0 Å². The van der Waals surface area contributed by atoms with Gasteiger partial charge in [0.15, 0.2) is 0 Å². The van der Waals surface area contributed by atoms with Gasteiger partial charge in [-0.05, 0) is 61.2 Å². The highest BCUT2D eigenvalue weighted by Crippen LogP contribution is 2.80. The Morgan fingerprint density at radius 1 is 0.533 bits per heavy atom. The minimum absolute atomic E-state index is 0.899. The molecule has 0 N–H and O–H groups in total. The van der Waals surface area contributed by atoms with Crippen molar-refractivity contribution in [2.45, 2.75) is 70.6 Å². The Balaban J connectivity index is 1.75. The van der Waals surface area contributed by atoms with E-state index in [1.54, 1.807) is 70.6 Å². The number of hydrogen-bond acceptors (Lipinski definition) is 0. The zero-order valence-electron chi connectivity index (χ0n) is 9.93. The van der Waals surface area contributed by atoms with Crippen molar-refractivity contribution in [2.75, 3.05) is 0 Å². The lowest BCUT2D eigenvalue weighted by molar-refractivity contribution is -0.229. The van der Waals surface area contributed by atoms with Gasteiger partial charge in [-0.25, -0.2) is 0 Å². The predicted octanol–water partition coefficient (Wildman–Crippen LogP) is 4.54. The normalized spacial score (nSPS) is 57.6. The second kappa shape index (κ2) is 2.81. The second-order valence-corrected chi connectivity index (χ2v) is 6.87. The van der Waals surface area contributed by atoms with Crippen LogP contribution < -0.4 is 0 Å². The molecule has 0 radical (unpaired) electrons. The molecule has 0 aromatic carbocycles. The summed E-state index contributed by atoms with van der Waals surface area (Å²) in [6.45, 7) is 0. The molecular formula is C15H24. The fourth-order valence-corrected chi connectivity index (χ4v) is 6.68. The summed E-state index contributed by atoms with van der Waals surface area (Å²) in [4.78, 5) is 0. The molecule has 4 aliphatic rings. The third kappa shape index (κ3) is 0.840. The molecule has 4 atom stereocenters. The van der Waals surface area contributed by atoms with Crippen LogP contribution in [0, 0.1) is 22.7 Å². The minimum atomic E-state index is 0.899. The Kier molecular flexibility index (Phi) is 1.70. The molecule has 4 fully saturated rings. The van der Waals surface area contributed by atoms with Gasteiger partial charge in [0.1, 0.15) is 0 Å². The molecule has 0 amide bonds. The van der Waals surface area contributed by atoms with E-state index in [0.29, 0.717) is 0 Å². The number of hydrogen-bond donors (Lipinski definition) is 0. The highest BCUT2D eigenvalue weighted by Gasteiger charge is 2.72. The minimum Gasteiger partial charge on any atom is -0.0530 e. The average Bonchev–Trinajstić information content (AvgIpc) is 2.64. The first-order chi connectivity index (χ1) is 7.39. The van der Waals surface area contributed by atoms with Gasteiger partial charge in [0.05, 0.1) is 0 Å². The largest absolute Gasteiger partial charge is 0.0530 e. The van der Waals surface area contributed by atoms with Gasteiger partial charge in [0.2, 0.25) is 0 Å². The summed E-state index contributed by atoms with van der Waals surface area (Å²) >= 11 is 0. The molecule has 4 unspecified atom stereocenters. The van der Waals surface area contributed by atoms with Crippen molar-refractivity contribution in [1.82, 2.24) is 0 Å². The van der Waals surface area contributed by atoms with Crippen LogP contribution in [0.5, 0.6) is 0 Å². The molecule has 0 aliphatic heterocycles. The van der Waals surface area contributed by atoms with E-state index in [1.165, 1.54) is 11.8 Å². The molecule has 0 heterocycles. The molecule has 4 rings (SSSR count). The van der Waals surface area contributed by atoms with Crippen LogP contribution in [-0.4, -0.2) is 0 Å². The van der Waals surface area contributed by atoms with Gasteiger partial charge in [0, 0.05) is 0 Å². The maximum Gasteiger partial charge on any atom is -0.0207 e. The molecule has 4 aliphatic carbocycles. The van der Waals surface area contributed by atoms with Crippen LogP contribution >= 0.6 is 0 Å². The van der Waals surface area contributed by atoms with Crippen molar-refractivity contribution in [3.05, 3.63) is 0 Å². The summed E-state index contributed by atoms with van der Waals surface area (Å²) in [6, 6.07) is 0. The van der Waals surface area contributed by atoms with Crippen molar-refractivity contribution in [3.63, 3.8) is 0 Å². The molecular weight excluding hydrogens is 180 g/mol. The molecule has 4 saturated carbocycles. The summed E-state index contributed by atoms with van der Waals surface area (Å²) < 4.78 is 0. The van der Waals surface area contributed by atoms with Gasteiger partial charge in [-0.1, -0.05) is 32.1 Å². The van der Waals surface area contributed by atoms with Crippen molar-refractivity contribution in [1.29, 1.82) is 0 Å². The van der Waals surface area contributed by atoms with Crippen LogP contribution in [0.2, 0.25) is 0 Å². The zero-order valence-corrected chi connectivity index (χ0v) is 9.93. The smallest absolute Gasteiger partial charge is 0.0207 e. The third-order valence-corrected chi connectivity index (χ3v) is 6.92.